The lowest BCUT2D eigenvalue weighted by Gasteiger charge is -2.16. The summed E-state index contributed by atoms with van der Waals surface area (Å²) in [5, 5.41) is 0. The molecule has 0 aliphatic carbocycles. The first kappa shape index (κ1) is 11.1. The summed E-state index contributed by atoms with van der Waals surface area (Å²) in [6.07, 6.45) is 0.938. The van der Waals surface area contributed by atoms with Gasteiger partial charge in [-0.2, -0.15) is 0 Å². The van der Waals surface area contributed by atoms with Crippen molar-refractivity contribution in [2.45, 2.75) is 34.6 Å². The summed E-state index contributed by atoms with van der Waals surface area (Å²) in [6.45, 7) is 3.80. The van der Waals surface area contributed by atoms with E-state index < -0.39 is 0 Å². The van der Waals surface area contributed by atoms with Gasteiger partial charge in [-0.05, 0) is 25.5 Å². The second-order valence-electron chi connectivity index (χ2n) is 3.68. The number of carbonyl (C=O) groups excluding carboxylic acids is 1. The van der Waals surface area contributed by atoms with Gasteiger partial charge in [-0.15, -0.1) is 23.5 Å². The molecule has 1 atom stereocenters. The van der Waals surface area contributed by atoms with E-state index in [-0.39, 0.29) is 5.92 Å². The van der Waals surface area contributed by atoms with Crippen LogP contribution in [0.15, 0.2) is 34.1 Å². The monoisotopic (exact) mass is 238 g/mol. The lowest BCUT2D eigenvalue weighted by Crippen LogP contribution is -2.19. The molecule has 1 unspecified atom stereocenters. The van der Waals surface area contributed by atoms with Crippen LogP contribution in [0.3, 0.4) is 0 Å². The molecule has 1 nitrogen and oxygen atoms in total. The molecule has 0 bridgehead atoms. The molecule has 15 heavy (non-hydrogen) atoms. The van der Waals surface area contributed by atoms with Gasteiger partial charge in [0.25, 0.3) is 0 Å². The molecule has 0 aromatic heterocycles. The first-order chi connectivity index (χ1) is 7.22. The maximum atomic E-state index is 11.5. The van der Waals surface area contributed by atoms with Gasteiger partial charge < -0.3 is 0 Å². The maximum Gasteiger partial charge on any atom is 0.134 e. The normalized spacial score (nSPS) is 17.5. The number of ketones is 1. The van der Waals surface area contributed by atoms with Crippen LogP contribution in [0.2, 0.25) is 0 Å². The molecule has 1 aliphatic heterocycles. The van der Waals surface area contributed by atoms with E-state index >= 15 is 0 Å². The van der Waals surface area contributed by atoms with Crippen LogP contribution >= 0.6 is 23.5 Å². The predicted molar refractivity (Wildman–Crippen MR) is 66.4 cm³/mol. The number of Topliss-reactive ketones (excluding diaryl/α,β-unsaturated/α-hetero) is 1. The Hall–Kier alpha value is -0.410. The standard InChI is InChI=1S/C12H14OS2/c1-3-9(8(2)13)12-14-10-6-4-5-7-11(10)15-12/h4-7,9,12H,3H2,1-2H3. The van der Waals surface area contributed by atoms with Gasteiger partial charge in [-0.3, -0.25) is 4.79 Å². The fraction of sp³-hybridized carbons (Fsp3) is 0.417. The Labute approximate surface area is 99.0 Å². The van der Waals surface area contributed by atoms with E-state index in [4.69, 9.17) is 0 Å². The number of carbonyl (C=O) groups is 1. The molecule has 0 saturated heterocycles. The molecular formula is C12H14OS2. The van der Waals surface area contributed by atoms with E-state index in [1.807, 2.05) is 23.5 Å². The van der Waals surface area contributed by atoms with Crippen LogP contribution in [0.4, 0.5) is 0 Å². The van der Waals surface area contributed by atoms with Gasteiger partial charge in [0.15, 0.2) is 0 Å². The molecule has 3 heteroatoms. The Morgan fingerprint density at radius 2 is 1.87 bits per heavy atom. The van der Waals surface area contributed by atoms with Crippen molar-refractivity contribution >= 4 is 29.3 Å². The van der Waals surface area contributed by atoms with E-state index in [1.165, 1.54) is 9.79 Å². The number of thioether (sulfide) groups is 2. The highest BCUT2D eigenvalue weighted by molar-refractivity contribution is 8.19. The van der Waals surface area contributed by atoms with Gasteiger partial charge >= 0.3 is 0 Å². The van der Waals surface area contributed by atoms with Crippen molar-refractivity contribution < 1.29 is 4.79 Å². The van der Waals surface area contributed by atoms with E-state index in [0.29, 0.717) is 10.4 Å². The topological polar surface area (TPSA) is 17.1 Å². The number of hydrogen-bond donors (Lipinski definition) is 0. The largest absolute Gasteiger partial charge is 0.300 e. The van der Waals surface area contributed by atoms with Gasteiger partial charge in [-0.1, -0.05) is 19.1 Å². The van der Waals surface area contributed by atoms with Crippen molar-refractivity contribution in [2.75, 3.05) is 0 Å². The number of benzene rings is 1. The van der Waals surface area contributed by atoms with E-state index in [0.717, 1.165) is 6.42 Å². The number of rotatable bonds is 3. The quantitative estimate of drug-likeness (QED) is 0.796. The molecule has 1 aromatic rings. The van der Waals surface area contributed by atoms with Crippen molar-refractivity contribution in [2.24, 2.45) is 5.92 Å². The molecule has 2 rings (SSSR count). The third-order valence-corrected chi connectivity index (χ3v) is 5.67. The summed E-state index contributed by atoms with van der Waals surface area (Å²) < 4.78 is 0.380. The van der Waals surface area contributed by atoms with Gasteiger partial charge in [0.1, 0.15) is 5.78 Å². The van der Waals surface area contributed by atoms with Crippen LogP contribution in [0.5, 0.6) is 0 Å². The fourth-order valence-corrected chi connectivity index (χ4v) is 5.14. The lowest BCUT2D eigenvalue weighted by atomic mass is 10.1. The van der Waals surface area contributed by atoms with Gasteiger partial charge in [0.2, 0.25) is 0 Å². The van der Waals surface area contributed by atoms with Crippen molar-refractivity contribution in [1.29, 1.82) is 0 Å². The average molecular weight is 238 g/mol. The van der Waals surface area contributed by atoms with E-state index in [1.54, 1.807) is 6.92 Å². The smallest absolute Gasteiger partial charge is 0.134 e. The lowest BCUT2D eigenvalue weighted by molar-refractivity contribution is -0.120. The Morgan fingerprint density at radius 1 is 1.33 bits per heavy atom. The highest BCUT2D eigenvalue weighted by atomic mass is 32.2. The highest BCUT2D eigenvalue weighted by Crippen LogP contribution is 2.51. The summed E-state index contributed by atoms with van der Waals surface area (Å²) in [5.74, 6) is 0.503. The number of hydrogen-bond acceptors (Lipinski definition) is 3. The molecular weight excluding hydrogens is 224 g/mol. The summed E-state index contributed by atoms with van der Waals surface area (Å²) in [6, 6.07) is 8.40. The molecule has 1 aliphatic rings. The van der Waals surface area contributed by atoms with Crippen LogP contribution in [-0.2, 0) is 4.79 Å². The van der Waals surface area contributed by atoms with Crippen molar-refractivity contribution in [3.8, 4) is 0 Å². The minimum atomic E-state index is 0.187. The van der Waals surface area contributed by atoms with Crippen LogP contribution in [0, 0.1) is 5.92 Å². The maximum absolute atomic E-state index is 11.5. The van der Waals surface area contributed by atoms with Gasteiger partial charge in [0, 0.05) is 15.7 Å². The van der Waals surface area contributed by atoms with Crippen molar-refractivity contribution in [1.82, 2.24) is 0 Å². The molecule has 1 aromatic carbocycles. The van der Waals surface area contributed by atoms with Crippen LogP contribution in [0.1, 0.15) is 20.3 Å². The third-order valence-electron chi connectivity index (χ3n) is 2.63. The van der Waals surface area contributed by atoms with Crippen molar-refractivity contribution in [3.05, 3.63) is 24.3 Å². The van der Waals surface area contributed by atoms with Gasteiger partial charge in [0.05, 0.1) is 4.58 Å². The molecule has 80 valence electrons. The summed E-state index contributed by atoms with van der Waals surface area (Å²) in [7, 11) is 0. The van der Waals surface area contributed by atoms with Gasteiger partial charge in [-0.25, -0.2) is 0 Å². The van der Waals surface area contributed by atoms with E-state index in [2.05, 4.69) is 31.2 Å². The van der Waals surface area contributed by atoms with E-state index in [9.17, 15) is 4.79 Å². The summed E-state index contributed by atoms with van der Waals surface area (Å²) >= 11 is 3.68. The highest BCUT2D eigenvalue weighted by Gasteiger charge is 2.31. The van der Waals surface area contributed by atoms with Crippen LogP contribution < -0.4 is 0 Å². The Bertz CT molecular complexity index is 351. The molecule has 0 saturated carbocycles. The first-order valence-corrected chi connectivity index (χ1v) is 6.91. The number of fused-ring (bicyclic) bond motifs is 1. The molecule has 0 radical (unpaired) electrons. The zero-order chi connectivity index (χ0) is 10.8. The minimum absolute atomic E-state index is 0.187. The zero-order valence-electron chi connectivity index (χ0n) is 8.90. The Kier molecular flexibility index (Phi) is 3.42. The Balaban J connectivity index is 2.15. The average Bonchev–Trinajstić information content (AvgIpc) is 2.61. The summed E-state index contributed by atoms with van der Waals surface area (Å²) in [4.78, 5) is 14.1. The molecule has 0 fully saturated rings. The Morgan fingerprint density at radius 3 is 2.27 bits per heavy atom. The van der Waals surface area contributed by atoms with Crippen LogP contribution in [0.25, 0.3) is 0 Å². The summed E-state index contributed by atoms with van der Waals surface area (Å²) in [5.41, 5.74) is 0. The molecule has 0 N–H and O–H groups in total. The first-order valence-electron chi connectivity index (χ1n) is 5.15. The second-order valence-corrected chi connectivity index (χ2v) is 6.34. The predicted octanol–water partition coefficient (Wildman–Crippen LogP) is 3.83. The fourth-order valence-electron chi connectivity index (χ4n) is 1.76. The SMILES string of the molecule is CCC(C(C)=O)C1Sc2ccccc2S1. The third kappa shape index (κ3) is 2.23. The van der Waals surface area contributed by atoms with Crippen molar-refractivity contribution in [3.63, 3.8) is 0 Å². The molecule has 1 heterocycles. The van der Waals surface area contributed by atoms with Crippen LogP contribution in [-0.4, -0.2) is 10.4 Å². The zero-order valence-corrected chi connectivity index (χ0v) is 10.5. The minimum Gasteiger partial charge on any atom is -0.300 e. The molecule has 0 spiro atoms. The molecule has 0 amide bonds. The second kappa shape index (κ2) is 4.62.